The third kappa shape index (κ3) is 3.31. The average molecular weight is 248 g/mol. The Labute approximate surface area is 107 Å². The average Bonchev–Trinajstić information content (AvgIpc) is 2.46. The van der Waals surface area contributed by atoms with Crippen LogP contribution in [0.1, 0.15) is 30.9 Å². The smallest absolute Gasteiger partial charge is 0.237 e. The largest absolute Gasteiger partial charge is 0.394 e. The highest BCUT2D eigenvalue weighted by molar-refractivity contribution is 5.82. The first kappa shape index (κ1) is 13.1. The number of hydrogen-bond donors (Lipinski definition) is 3. The molecular formula is C14H20N2O2. The molecular weight excluding hydrogens is 228 g/mol. The van der Waals surface area contributed by atoms with Gasteiger partial charge >= 0.3 is 0 Å². The van der Waals surface area contributed by atoms with E-state index < -0.39 is 0 Å². The Bertz CT molecular complexity index is 375. The molecule has 0 spiro atoms. The highest BCUT2D eigenvalue weighted by Crippen LogP contribution is 2.13. The van der Waals surface area contributed by atoms with Crippen molar-refractivity contribution in [2.45, 2.75) is 31.3 Å². The van der Waals surface area contributed by atoms with Crippen LogP contribution in [0.25, 0.3) is 0 Å². The predicted octanol–water partition coefficient (Wildman–Crippen LogP) is 0.978. The number of carbonyl (C=O) groups is 1. The predicted molar refractivity (Wildman–Crippen MR) is 70.1 cm³/mol. The second-order valence-corrected chi connectivity index (χ2v) is 4.66. The van der Waals surface area contributed by atoms with E-state index in [9.17, 15) is 9.90 Å². The van der Waals surface area contributed by atoms with Gasteiger partial charge in [0.1, 0.15) is 0 Å². The quantitative estimate of drug-likeness (QED) is 0.744. The SMILES string of the molecule is O=C(N[C@H](CO)c1ccccc1)[C@H]1CCCCN1. The van der Waals surface area contributed by atoms with Gasteiger partial charge in [0.05, 0.1) is 18.7 Å². The Kier molecular flexibility index (Phi) is 4.73. The number of aliphatic hydroxyl groups excluding tert-OH is 1. The summed E-state index contributed by atoms with van der Waals surface area (Å²) >= 11 is 0. The summed E-state index contributed by atoms with van der Waals surface area (Å²) in [4.78, 5) is 12.1. The zero-order chi connectivity index (χ0) is 12.8. The van der Waals surface area contributed by atoms with E-state index in [-0.39, 0.29) is 24.6 Å². The summed E-state index contributed by atoms with van der Waals surface area (Å²) in [7, 11) is 0. The molecule has 1 heterocycles. The summed E-state index contributed by atoms with van der Waals surface area (Å²) < 4.78 is 0. The van der Waals surface area contributed by atoms with E-state index in [1.807, 2.05) is 30.3 Å². The fourth-order valence-corrected chi connectivity index (χ4v) is 2.27. The Morgan fingerprint density at radius 3 is 2.78 bits per heavy atom. The lowest BCUT2D eigenvalue weighted by Crippen LogP contribution is -2.48. The molecule has 0 unspecified atom stereocenters. The highest BCUT2D eigenvalue weighted by Gasteiger charge is 2.23. The zero-order valence-corrected chi connectivity index (χ0v) is 10.4. The van der Waals surface area contributed by atoms with Crippen molar-refractivity contribution in [1.82, 2.24) is 10.6 Å². The van der Waals surface area contributed by atoms with Gasteiger partial charge in [0.15, 0.2) is 0 Å². The number of amides is 1. The lowest BCUT2D eigenvalue weighted by molar-refractivity contribution is -0.124. The number of hydrogen-bond acceptors (Lipinski definition) is 3. The molecule has 0 radical (unpaired) electrons. The van der Waals surface area contributed by atoms with Gasteiger partial charge < -0.3 is 15.7 Å². The standard InChI is InChI=1S/C14H20N2O2/c17-10-13(11-6-2-1-3-7-11)16-14(18)12-8-4-5-9-15-12/h1-3,6-7,12-13,15,17H,4-5,8-10H2,(H,16,18)/t12-,13-/m1/s1. The third-order valence-corrected chi connectivity index (χ3v) is 3.33. The topological polar surface area (TPSA) is 61.4 Å². The number of rotatable bonds is 4. The van der Waals surface area contributed by atoms with Gasteiger partial charge in [-0.15, -0.1) is 0 Å². The van der Waals surface area contributed by atoms with Crippen molar-refractivity contribution < 1.29 is 9.90 Å². The molecule has 1 aliphatic rings. The number of aliphatic hydroxyl groups is 1. The number of benzene rings is 1. The van der Waals surface area contributed by atoms with E-state index in [4.69, 9.17) is 0 Å². The van der Waals surface area contributed by atoms with Crippen molar-refractivity contribution in [3.8, 4) is 0 Å². The minimum Gasteiger partial charge on any atom is -0.394 e. The van der Waals surface area contributed by atoms with Crippen LogP contribution in [0.5, 0.6) is 0 Å². The van der Waals surface area contributed by atoms with Crippen LogP contribution in [-0.4, -0.2) is 30.2 Å². The Morgan fingerprint density at radius 2 is 2.17 bits per heavy atom. The van der Waals surface area contributed by atoms with Crippen LogP contribution in [0.4, 0.5) is 0 Å². The molecule has 2 rings (SSSR count). The van der Waals surface area contributed by atoms with E-state index in [1.54, 1.807) is 0 Å². The van der Waals surface area contributed by atoms with Crippen molar-refractivity contribution in [3.63, 3.8) is 0 Å². The van der Waals surface area contributed by atoms with Crippen LogP contribution in [0.15, 0.2) is 30.3 Å². The van der Waals surface area contributed by atoms with E-state index >= 15 is 0 Å². The first-order valence-corrected chi connectivity index (χ1v) is 6.51. The van der Waals surface area contributed by atoms with Crippen LogP contribution >= 0.6 is 0 Å². The molecule has 0 aromatic heterocycles. The Morgan fingerprint density at radius 1 is 1.39 bits per heavy atom. The molecule has 0 aliphatic carbocycles. The first-order chi connectivity index (χ1) is 8.81. The molecule has 18 heavy (non-hydrogen) atoms. The van der Waals surface area contributed by atoms with Gasteiger partial charge in [-0.05, 0) is 24.9 Å². The lowest BCUT2D eigenvalue weighted by atomic mass is 10.0. The van der Waals surface area contributed by atoms with Crippen LogP contribution in [0.2, 0.25) is 0 Å². The number of piperidine rings is 1. The Balaban J connectivity index is 1.95. The Hall–Kier alpha value is -1.39. The van der Waals surface area contributed by atoms with Gasteiger partial charge in [-0.3, -0.25) is 4.79 Å². The molecule has 2 atom stereocenters. The van der Waals surface area contributed by atoms with Gasteiger partial charge in [-0.1, -0.05) is 36.8 Å². The minimum absolute atomic E-state index is 0.0161. The van der Waals surface area contributed by atoms with Crippen molar-refractivity contribution in [1.29, 1.82) is 0 Å². The van der Waals surface area contributed by atoms with E-state index in [0.717, 1.165) is 31.4 Å². The molecule has 0 saturated carbocycles. The van der Waals surface area contributed by atoms with Crippen molar-refractivity contribution in [2.24, 2.45) is 0 Å². The van der Waals surface area contributed by atoms with Gasteiger partial charge in [0.2, 0.25) is 5.91 Å². The second kappa shape index (κ2) is 6.52. The molecule has 1 saturated heterocycles. The molecule has 4 heteroatoms. The van der Waals surface area contributed by atoms with Crippen molar-refractivity contribution in [2.75, 3.05) is 13.2 Å². The fourth-order valence-electron chi connectivity index (χ4n) is 2.27. The normalized spacial score (nSPS) is 21.3. The van der Waals surface area contributed by atoms with Gasteiger partial charge in [-0.25, -0.2) is 0 Å². The molecule has 4 nitrogen and oxygen atoms in total. The fraction of sp³-hybridized carbons (Fsp3) is 0.500. The summed E-state index contributed by atoms with van der Waals surface area (Å²) in [5.41, 5.74) is 0.934. The van der Waals surface area contributed by atoms with Gasteiger partial charge in [0.25, 0.3) is 0 Å². The number of nitrogens with one attached hydrogen (secondary N) is 2. The maximum atomic E-state index is 12.1. The van der Waals surface area contributed by atoms with Crippen LogP contribution in [0, 0.1) is 0 Å². The van der Waals surface area contributed by atoms with Crippen LogP contribution in [-0.2, 0) is 4.79 Å². The van der Waals surface area contributed by atoms with Crippen molar-refractivity contribution in [3.05, 3.63) is 35.9 Å². The maximum Gasteiger partial charge on any atom is 0.237 e. The van der Waals surface area contributed by atoms with Crippen LogP contribution < -0.4 is 10.6 Å². The summed E-state index contributed by atoms with van der Waals surface area (Å²) in [5, 5.41) is 15.5. The van der Waals surface area contributed by atoms with E-state index in [2.05, 4.69) is 10.6 Å². The second-order valence-electron chi connectivity index (χ2n) is 4.66. The zero-order valence-electron chi connectivity index (χ0n) is 10.4. The van der Waals surface area contributed by atoms with Gasteiger partial charge in [-0.2, -0.15) is 0 Å². The molecule has 3 N–H and O–H groups in total. The molecule has 1 aromatic carbocycles. The monoisotopic (exact) mass is 248 g/mol. The van der Waals surface area contributed by atoms with Crippen LogP contribution in [0.3, 0.4) is 0 Å². The summed E-state index contributed by atoms with van der Waals surface area (Å²) in [5.74, 6) is -0.0161. The maximum absolute atomic E-state index is 12.1. The molecule has 1 aromatic rings. The highest BCUT2D eigenvalue weighted by atomic mass is 16.3. The van der Waals surface area contributed by atoms with Gasteiger partial charge in [0, 0.05) is 0 Å². The number of carbonyl (C=O) groups excluding carboxylic acids is 1. The lowest BCUT2D eigenvalue weighted by Gasteiger charge is -2.25. The molecule has 0 bridgehead atoms. The molecule has 1 amide bonds. The molecule has 1 aliphatic heterocycles. The third-order valence-electron chi connectivity index (χ3n) is 3.33. The minimum atomic E-state index is -0.317. The molecule has 98 valence electrons. The first-order valence-electron chi connectivity index (χ1n) is 6.51. The van der Waals surface area contributed by atoms with Crippen molar-refractivity contribution >= 4 is 5.91 Å². The summed E-state index contributed by atoms with van der Waals surface area (Å²) in [6.07, 6.45) is 3.09. The summed E-state index contributed by atoms with van der Waals surface area (Å²) in [6.45, 7) is 0.815. The summed E-state index contributed by atoms with van der Waals surface area (Å²) in [6, 6.07) is 9.12. The molecule has 1 fully saturated rings. The van der Waals surface area contributed by atoms with E-state index in [1.165, 1.54) is 0 Å². The van der Waals surface area contributed by atoms with E-state index in [0.29, 0.717) is 0 Å².